The van der Waals surface area contributed by atoms with Crippen LogP contribution in [-0.2, 0) is 33.0 Å². The number of nitrogens with zero attached hydrogens (tertiary/aromatic N) is 4. The Morgan fingerprint density at radius 1 is 1.04 bits per heavy atom. The van der Waals surface area contributed by atoms with Gasteiger partial charge in [-0.15, -0.1) is 6.42 Å². The predicted octanol–water partition coefficient (Wildman–Crippen LogP) is 2.52. The lowest BCUT2D eigenvalue weighted by molar-refractivity contribution is -0.123. The van der Waals surface area contributed by atoms with Gasteiger partial charge in [-0.3, -0.25) is 4.79 Å². The first-order valence-electron chi connectivity index (χ1n) is 15.9. The molecule has 1 amide bonds. The van der Waals surface area contributed by atoms with E-state index in [1.54, 1.807) is 10.9 Å². The van der Waals surface area contributed by atoms with E-state index in [-0.39, 0.29) is 42.3 Å². The number of aromatic nitrogens is 4. The number of carbonyl (C=O) groups excluding carboxylic acids is 1. The SMILES string of the molecule is C#CCOCCOCCOCCOCCNC(=O)C(Nc1nc(Cl)nc2c1cnn2C1CCC(COP(O)CP(O)O)O1)C1CCCC1. The number of ether oxygens (including phenoxy) is 5. The molecule has 2 aromatic rings. The Labute approximate surface area is 287 Å². The van der Waals surface area contributed by atoms with Crippen molar-refractivity contribution in [1.82, 2.24) is 25.1 Å². The fourth-order valence-corrected chi connectivity index (χ4v) is 7.21. The van der Waals surface area contributed by atoms with Crippen LogP contribution in [0.1, 0.15) is 44.8 Å². The highest BCUT2D eigenvalue weighted by Crippen LogP contribution is 2.44. The van der Waals surface area contributed by atoms with Crippen LogP contribution in [0.15, 0.2) is 6.20 Å². The van der Waals surface area contributed by atoms with E-state index in [9.17, 15) is 9.69 Å². The van der Waals surface area contributed by atoms with Crippen molar-refractivity contribution < 1.29 is 47.7 Å². The van der Waals surface area contributed by atoms with Crippen LogP contribution in [0.5, 0.6) is 0 Å². The number of nitrogens with one attached hydrogen (secondary N) is 2. The van der Waals surface area contributed by atoms with Gasteiger partial charge in [0.25, 0.3) is 0 Å². The third-order valence-electron chi connectivity index (χ3n) is 7.73. The van der Waals surface area contributed by atoms with Crippen molar-refractivity contribution in [2.45, 2.75) is 56.9 Å². The molecule has 4 atom stereocenters. The molecule has 1 saturated heterocycles. The van der Waals surface area contributed by atoms with E-state index in [2.05, 4.69) is 31.6 Å². The zero-order chi connectivity index (χ0) is 34.1. The van der Waals surface area contributed by atoms with Crippen LogP contribution in [0, 0.1) is 18.3 Å². The summed E-state index contributed by atoms with van der Waals surface area (Å²) < 4.78 is 34.7. The van der Waals surface area contributed by atoms with Crippen LogP contribution in [0.4, 0.5) is 5.82 Å². The average Bonchev–Trinajstić information content (AvgIpc) is 3.84. The van der Waals surface area contributed by atoms with E-state index in [4.69, 9.17) is 56.0 Å². The molecule has 268 valence electrons. The van der Waals surface area contributed by atoms with Gasteiger partial charge in [0, 0.05) is 6.54 Å². The van der Waals surface area contributed by atoms with E-state index in [0.717, 1.165) is 25.7 Å². The molecule has 2 fully saturated rings. The summed E-state index contributed by atoms with van der Waals surface area (Å²) in [5.41, 5.74) is 0.460. The van der Waals surface area contributed by atoms with Crippen molar-refractivity contribution in [3.8, 4) is 12.3 Å². The molecule has 2 aliphatic rings. The fraction of sp³-hybridized carbons (Fsp3) is 0.724. The highest BCUT2D eigenvalue weighted by molar-refractivity contribution is 7.63. The standard InChI is InChI=1S/C29H45ClN6O10P2/c1-2-10-41-12-14-43-16-17-44-15-13-42-11-9-31-28(37)25(21-5-3-4-6-21)33-26-23-18-32-36(27(23)35-29(30)34-26)24-8-7-22(46-24)19-45-48(40)20-47(38)39/h1,18,21-22,24-25,38-40H,3-17,19-20H2,(H,31,37)(H,33,34,35). The molecule has 1 aliphatic carbocycles. The molecule has 48 heavy (non-hydrogen) atoms. The molecule has 4 rings (SSSR count). The molecule has 19 heteroatoms. The van der Waals surface area contributed by atoms with Crippen LogP contribution in [-0.4, -0.2) is 124 Å². The Morgan fingerprint density at radius 3 is 2.42 bits per heavy atom. The van der Waals surface area contributed by atoms with Gasteiger partial charge in [0.05, 0.1) is 76.4 Å². The molecular weight excluding hydrogens is 690 g/mol. The second-order valence-corrected chi connectivity index (χ2v) is 14.3. The summed E-state index contributed by atoms with van der Waals surface area (Å²) in [6.45, 7) is 3.66. The Bertz CT molecular complexity index is 1300. The van der Waals surface area contributed by atoms with Crippen LogP contribution < -0.4 is 10.6 Å². The smallest absolute Gasteiger partial charge is 0.242 e. The fourth-order valence-electron chi connectivity index (χ4n) is 5.51. The van der Waals surface area contributed by atoms with Gasteiger partial charge in [-0.05, 0) is 43.2 Å². The van der Waals surface area contributed by atoms with Gasteiger partial charge in [0.2, 0.25) is 11.2 Å². The molecule has 16 nitrogen and oxygen atoms in total. The van der Waals surface area contributed by atoms with Crippen molar-refractivity contribution in [3.63, 3.8) is 0 Å². The lowest BCUT2D eigenvalue weighted by atomic mass is 9.97. The zero-order valence-corrected chi connectivity index (χ0v) is 29.3. The largest absolute Gasteiger partial charge is 0.377 e. The van der Waals surface area contributed by atoms with Crippen LogP contribution in [0.2, 0.25) is 5.28 Å². The first-order chi connectivity index (χ1) is 23.4. The summed E-state index contributed by atoms with van der Waals surface area (Å²) in [7, 11) is -4.17. The van der Waals surface area contributed by atoms with Crippen molar-refractivity contribution in [2.24, 2.45) is 5.92 Å². The zero-order valence-electron chi connectivity index (χ0n) is 26.7. The number of hydrogen-bond acceptors (Lipinski definition) is 14. The topological polar surface area (TPSA) is 201 Å². The number of carbonyl (C=O) groups is 1. The monoisotopic (exact) mass is 734 g/mol. The number of anilines is 1. The summed E-state index contributed by atoms with van der Waals surface area (Å²) in [6, 6.07) is -0.540. The molecule has 0 radical (unpaired) electrons. The van der Waals surface area contributed by atoms with E-state index >= 15 is 0 Å². The highest BCUT2D eigenvalue weighted by Gasteiger charge is 2.33. The third-order valence-corrected chi connectivity index (χ3v) is 10.3. The van der Waals surface area contributed by atoms with Crippen LogP contribution >= 0.6 is 28.4 Å². The van der Waals surface area contributed by atoms with Crippen molar-refractivity contribution in [2.75, 3.05) is 77.2 Å². The minimum Gasteiger partial charge on any atom is -0.377 e. The second kappa shape index (κ2) is 21.4. The number of halogens is 1. The maximum absolute atomic E-state index is 13.4. The van der Waals surface area contributed by atoms with Crippen LogP contribution in [0.3, 0.4) is 0 Å². The maximum Gasteiger partial charge on any atom is 0.242 e. The lowest BCUT2D eigenvalue weighted by Gasteiger charge is -2.24. The van der Waals surface area contributed by atoms with Crippen molar-refractivity contribution in [3.05, 3.63) is 11.5 Å². The first kappa shape index (κ1) is 39.0. The first-order valence-corrected chi connectivity index (χ1v) is 19.2. The number of fused-ring (bicyclic) bond motifs is 1. The van der Waals surface area contributed by atoms with Crippen LogP contribution in [0.25, 0.3) is 11.0 Å². The summed E-state index contributed by atoms with van der Waals surface area (Å²) in [4.78, 5) is 50.3. The lowest BCUT2D eigenvalue weighted by Crippen LogP contribution is -2.45. The number of rotatable bonds is 23. The van der Waals surface area contributed by atoms with Crippen molar-refractivity contribution >= 4 is 51.1 Å². The molecule has 2 aromatic heterocycles. The number of hydrogen-bond donors (Lipinski definition) is 5. The minimum atomic E-state index is -2.23. The summed E-state index contributed by atoms with van der Waals surface area (Å²) in [5, 5.41) is 11.4. The number of terminal acetylenes is 1. The molecule has 4 unspecified atom stereocenters. The molecule has 1 saturated carbocycles. The van der Waals surface area contributed by atoms with Gasteiger partial charge < -0.3 is 53.5 Å². The quantitative estimate of drug-likeness (QED) is 0.0483. The molecule has 3 heterocycles. The third kappa shape index (κ3) is 12.8. The van der Waals surface area contributed by atoms with E-state index in [1.165, 1.54) is 0 Å². The Morgan fingerprint density at radius 2 is 1.73 bits per heavy atom. The molecule has 5 N–H and O–H groups in total. The van der Waals surface area contributed by atoms with Gasteiger partial charge >= 0.3 is 0 Å². The van der Waals surface area contributed by atoms with Crippen molar-refractivity contribution in [1.29, 1.82) is 0 Å². The van der Waals surface area contributed by atoms with E-state index in [0.29, 0.717) is 82.5 Å². The summed E-state index contributed by atoms with van der Waals surface area (Å²) >= 11 is 6.37. The second-order valence-electron chi connectivity index (χ2n) is 11.2. The number of amides is 1. The van der Waals surface area contributed by atoms with Gasteiger partial charge in [-0.1, -0.05) is 18.8 Å². The van der Waals surface area contributed by atoms with Gasteiger partial charge in [0.1, 0.15) is 18.5 Å². The Balaban J connectivity index is 1.24. The van der Waals surface area contributed by atoms with E-state index in [1.807, 2.05) is 0 Å². The Hall–Kier alpha value is -1.83. The normalized spacial score (nSPS) is 19.6. The summed E-state index contributed by atoms with van der Waals surface area (Å²) in [5.74, 6) is 2.58. The van der Waals surface area contributed by atoms with Gasteiger partial charge in [-0.2, -0.15) is 15.1 Å². The Kier molecular flexibility index (Phi) is 17.4. The predicted molar refractivity (Wildman–Crippen MR) is 179 cm³/mol. The maximum atomic E-state index is 13.4. The van der Waals surface area contributed by atoms with Gasteiger partial charge in [0.15, 0.2) is 28.6 Å². The molecule has 0 aromatic carbocycles. The molecule has 0 spiro atoms. The summed E-state index contributed by atoms with van der Waals surface area (Å²) in [6.07, 6.45) is 11.1. The molecule has 1 aliphatic heterocycles. The molecule has 0 bridgehead atoms. The minimum absolute atomic E-state index is 0.00176. The van der Waals surface area contributed by atoms with E-state index < -0.39 is 29.0 Å². The highest BCUT2D eigenvalue weighted by atomic mass is 35.5. The van der Waals surface area contributed by atoms with Gasteiger partial charge in [-0.25, -0.2) is 4.68 Å². The molecular formula is C29H45ClN6O10P2. The average molecular weight is 735 g/mol.